The van der Waals surface area contributed by atoms with Gasteiger partial charge in [-0.2, -0.15) is 0 Å². The SMILES string of the molecule is C=CCCCC(C(/C=C/CCCCC)OC(C)=O)S(=O)(=O)c1ccccc1. The highest BCUT2D eigenvalue weighted by molar-refractivity contribution is 7.92. The normalized spacial score (nSPS) is 14.0. The first kappa shape index (κ1) is 23.2. The van der Waals surface area contributed by atoms with Crippen LogP contribution in [0.5, 0.6) is 0 Å². The summed E-state index contributed by atoms with van der Waals surface area (Å²) in [6.07, 6.45) is 10.6. The third kappa shape index (κ3) is 8.12. The van der Waals surface area contributed by atoms with Crippen molar-refractivity contribution in [2.24, 2.45) is 0 Å². The number of esters is 1. The number of hydrogen-bond acceptors (Lipinski definition) is 4. The predicted molar refractivity (Wildman–Crippen MR) is 110 cm³/mol. The molecule has 1 rings (SSSR count). The number of carbonyl (C=O) groups is 1. The van der Waals surface area contributed by atoms with Crippen molar-refractivity contribution in [1.82, 2.24) is 0 Å². The van der Waals surface area contributed by atoms with Crippen LogP contribution in [0.15, 0.2) is 60.0 Å². The average Bonchev–Trinajstić information content (AvgIpc) is 2.64. The van der Waals surface area contributed by atoms with Gasteiger partial charge >= 0.3 is 5.97 Å². The highest BCUT2D eigenvalue weighted by atomic mass is 32.2. The molecule has 0 spiro atoms. The quantitative estimate of drug-likeness (QED) is 0.261. The second-order valence-electron chi connectivity index (χ2n) is 6.61. The first-order valence-electron chi connectivity index (χ1n) is 9.67. The third-order valence-corrected chi connectivity index (χ3v) is 6.57. The zero-order chi connectivity index (χ0) is 20.1. The van der Waals surface area contributed by atoms with Gasteiger partial charge in [-0.15, -0.1) is 6.58 Å². The van der Waals surface area contributed by atoms with Crippen LogP contribution < -0.4 is 0 Å². The molecule has 27 heavy (non-hydrogen) atoms. The maximum Gasteiger partial charge on any atom is 0.303 e. The third-order valence-electron chi connectivity index (χ3n) is 4.34. The van der Waals surface area contributed by atoms with E-state index in [-0.39, 0.29) is 4.90 Å². The standard InChI is InChI=1S/C22H32O4S/c1-4-6-8-9-14-17-21(26-19(3)23)22(18-11-7-5-2)27(24,25)20-15-12-10-13-16-20/h5,10,12-17,21-22H,2,4,6-9,11,18H2,1,3H3/b17-14+. The molecule has 0 saturated heterocycles. The zero-order valence-corrected chi connectivity index (χ0v) is 17.3. The molecule has 0 aromatic heterocycles. The van der Waals surface area contributed by atoms with E-state index >= 15 is 0 Å². The second kappa shape index (κ2) is 12.5. The molecule has 0 aliphatic rings. The number of hydrogen-bond donors (Lipinski definition) is 0. The first-order chi connectivity index (χ1) is 12.9. The van der Waals surface area contributed by atoms with Crippen LogP contribution in [-0.4, -0.2) is 25.7 Å². The van der Waals surface area contributed by atoms with Gasteiger partial charge in [-0.05, 0) is 50.3 Å². The summed E-state index contributed by atoms with van der Waals surface area (Å²) >= 11 is 0. The Balaban J connectivity index is 3.13. The minimum Gasteiger partial charge on any atom is -0.457 e. The highest BCUT2D eigenvalue weighted by Crippen LogP contribution is 2.25. The largest absolute Gasteiger partial charge is 0.457 e. The molecule has 0 saturated carbocycles. The van der Waals surface area contributed by atoms with Gasteiger partial charge < -0.3 is 4.74 Å². The lowest BCUT2D eigenvalue weighted by Crippen LogP contribution is -2.36. The highest BCUT2D eigenvalue weighted by Gasteiger charge is 2.35. The van der Waals surface area contributed by atoms with Crippen molar-refractivity contribution < 1.29 is 17.9 Å². The van der Waals surface area contributed by atoms with Crippen LogP contribution in [0, 0.1) is 0 Å². The number of benzene rings is 1. The van der Waals surface area contributed by atoms with Crippen molar-refractivity contribution in [3.05, 3.63) is 55.1 Å². The Morgan fingerprint density at radius 3 is 2.44 bits per heavy atom. The fourth-order valence-corrected chi connectivity index (χ4v) is 4.78. The lowest BCUT2D eigenvalue weighted by molar-refractivity contribution is -0.144. The van der Waals surface area contributed by atoms with E-state index in [1.54, 1.807) is 42.5 Å². The van der Waals surface area contributed by atoms with Crippen molar-refractivity contribution in [1.29, 1.82) is 0 Å². The average molecular weight is 393 g/mol. The van der Waals surface area contributed by atoms with E-state index in [2.05, 4.69) is 13.5 Å². The molecule has 1 aromatic carbocycles. The Morgan fingerprint density at radius 2 is 1.85 bits per heavy atom. The summed E-state index contributed by atoms with van der Waals surface area (Å²) in [4.78, 5) is 11.9. The summed E-state index contributed by atoms with van der Waals surface area (Å²) in [6, 6.07) is 8.37. The Kier molecular flexibility index (Phi) is 10.7. The summed E-state index contributed by atoms with van der Waals surface area (Å²) in [6.45, 7) is 7.15. The van der Waals surface area contributed by atoms with Gasteiger partial charge in [0.2, 0.25) is 0 Å². The molecule has 2 unspecified atom stereocenters. The van der Waals surface area contributed by atoms with Gasteiger partial charge in [-0.3, -0.25) is 4.79 Å². The molecule has 5 heteroatoms. The zero-order valence-electron chi connectivity index (χ0n) is 16.5. The molecule has 150 valence electrons. The Hall–Kier alpha value is -1.88. The van der Waals surface area contributed by atoms with Gasteiger partial charge in [0.1, 0.15) is 11.4 Å². The fraction of sp³-hybridized carbons (Fsp3) is 0.500. The van der Waals surface area contributed by atoms with Crippen LogP contribution in [0.25, 0.3) is 0 Å². The molecule has 0 N–H and O–H groups in total. The van der Waals surface area contributed by atoms with E-state index in [4.69, 9.17) is 4.74 Å². The Bertz CT molecular complexity index is 692. The maximum atomic E-state index is 13.2. The van der Waals surface area contributed by atoms with Crippen LogP contribution in [0.2, 0.25) is 0 Å². The lowest BCUT2D eigenvalue weighted by Gasteiger charge is -2.24. The summed E-state index contributed by atoms with van der Waals surface area (Å²) in [5.74, 6) is -0.477. The number of ether oxygens (including phenoxy) is 1. The smallest absolute Gasteiger partial charge is 0.303 e. The van der Waals surface area contributed by atoms with Crippen molar-refractivity contribution in [3.8, 4) is 0 Å². The molecule has 4 nitrogen and oxygen atoms in total. The summed E-state index contributed by atoms with van der Waals surface area (Å²) < 4.78 is 31.9. The predicted octanol–water partition coefficient (Wildman–Crippen LogP) is 5.25. The van der Waals surface area contributed by atoms with Crippen molar-refractivity contribution in [3.63, 3.8) is 0 Å². The minimum absolute atomic E-state index is 0.255. The summed E-state index contributed by atoms with van der Waals surface area (Å²) in [7, 11) is -3.64. The van der Waals surface area contributed by atoms with E-state index in [0.29, 0.717) is 19.3 Å². The number of rotatable bonds is 13. The van der Waals surface area contributed by atoms with Crippen molar-refractivity contribution in [2.45, 2.75) is 75.0 Å². The Labute approximate surface area is 164 Å². The molecule has 0 heterocycles. The van der Waals surface area contributed by atoms with Gasteiger partial charge in [-0.1, -0.05) is 50.1 Å². The van der Waals surface area contributed by atoms with Crippen LogP contribution in [-0.2, 0) is 19.4 Å². The van der Waals surface area contributed by atoms with Gasteiger partial charge in [0.15, 0.2) is 9.84 Å². The fourth-order valence-electron chi connectivity index (χ4n) is 2.92. The molecule has 0 bridgehead atoms. The van der Waals surface area contributed by atoms with E-state index in [1.807, 2.05) is 6.08 Å². The molecule has 1 aromatic rings. The van der Waals surface area contributed by atoms with E-state index < -0.39 is 27.2 Å². The molecule has 0 aliphatic carbocycles. The van der Waals surface area contributed by atoms with Gasteiger partial charge in [0.05, 0.1) is 4.90 Å². The van der Waals surface area contributed by atoms with Crippen LogP contribution in [0.3, 0.4) is 0 Å². The minimum atomic E-state index is -3.64. The van der Waals surface area contributed by atoms with Gasteiger partial charge in [0, 0.05) is 6.92 Å². The molecule has 0 fully saturated rings. The molecule has 0 amide bonds. The molecular weight excluding hydrogens is 360 g/mol. The number of carbonyl (C=O) groups excluding carboxylic acids is 1. The molecule has 0 radical (unpaired) electrons. The van der Waals surface area contributed by atoms with Crippen LogP contribution >= 0.6 is 0 Å². The van der Waals surface area contributed by atoms with Gasteiger partial charge in [-0.25, -0.2) is 8.42 Å². The Morgan fingerprint density at radius 1 is 1.15 bits per heavy atom. The first-order valence-corrected chi connectivity index (χ1v) is 11.2. The van der Waals surface area contributed by atoms with Crippen LogP contribution in [0.4, 0.5) is 0 Å². The van der Waals surface area contributed by atoms with Gasteiger partial charge in [0.25, 0.3) is 0 Å². The lowest BCUT2D eigenvalue weighted by atomic mass is 10.1. The number of unbranched alkanes of at least 4 members (excludes halogenated alkanes) is 4. The summed E-state index contributed by atoms with van der Waals surface area (Å²) in [5.41, 5.74) is 0. The molecular formula is C22H32O4S. The summed E-state index contributed by atoms with van der Waals surface area (Å²) in [5, 5.41) is -0.814. The monoisotopic (exact) mass is 392 g/mol. The second-order valence-corrected chi connectivity index (χ2v) is 8.78. The van der Waals surface area contributed by atoms with E-state index in [1.165, 1.54) is 6.92 Å². The molecule has 0 aliphatic heterocycles. The number of sulfone groups is 1. The van der Waals surface area contributed by atoms with Crippen LogP contribution in [0.1, 0.15) is 58.8 Å². The topological polar surface area (TPSA) is 60.4 Å². The maximum absolute atomic E-state index is 13.2. The molecule has 2 atom stereocenters. The van der Waals surface area contributed by atoms with Crippen molar-refractivity contribution >= 4 is 15.8 Å². The number of allylic oxidation sites excluding steroid dienone is 2. The van der Waals surface area contributed by atoms with Crippen molar-refractivity contribution in [2.75, 3.05) is 0 Å². The van der Waals surface area contributed by atoms with E-state index in [9.17, 15) is 13.2 Å². The van der Waals surface area contributed by atoms with E-state index in [0.717, 1.165) is 25.7 Å².